The number of piperazine rings is 1. The van der Waals surface area contributed by atoms with Crippen molar-refractivity contribution in [2.45, 2.75) is 58.2 Å². The molecule has 0 aromatic carbocycles. The molecule has 0 aromatic heterocycles. The first kappa shape index (κ1) is 16.1. The highest BCUT2D eigenvalue weighted by molar-refractivity contribution is 5.81. The topological polar surface area (TPSA) is 64.1 Å². The SMILES string of the molecule is CC1CN2CCCC2CN1C(=O)N(CC(=O)O)C(C)(C)C. The van der Waals surface area contributed by atoms with Gasteiger partial charge in [-0.3, -0.25) is 9.69 Å². The van der Waals surface area contributed by atoms with Gasteiger partial charge in [0.25, 0.3) is 0 Å². The molecule has 2 aliphatic heterocycles. The molecule has 0 bridgehead atoms. The zero-order valence-corrected chi connectivity index (χ0v) is 13.5. The lowest BCUT2D eigenvalue weighted by Gasteiger charge is -2.46. The summed E-state index contributed by atoms with van der Waals surface area (Å²) in [4.78, 5) is 29.7. The molecule has 2 unspecified atom stereocenters. The minimum Gasteiger partial charge on any atom is -0.480 e. The van der Waals surface area contributed by atoms with Crippen molar-refractivity contribution in [3.63, 3.8) is 0 Å². The van der Waals surface area contributed by atoms with Crippen LogP contribution in [0.1, 0.15) is 40.5 Å². The van der Waals surface area contributed by atoms with Crippen LogP contribution >= 0.6 is 0 Å². The summed E-state index contributed by atoms with van der Waals surface area (Å²) in [5, 5.41) is 9.09. The number of fused-ring (bicyclic) bond motifs is 1. The molecule has 2 rings (SSSR count). The number of carbonyl (C=O) groups excluding carboxylic acids is 1. The minimum atomic E-state index is -0.967. The lowest BCUT2D eigenvalue weighted by Crippen LogP contribution is -2.62. The Bertz CT molecular complexity index is 419. The molecule has 2 atom stereocenters. The fraction of sp³-hybridized carbons (Fsp3) is 0.867. The fourth-order valence-corrected chi connectivity index (χ4v) is 3.34. The molecule has 1 N–H and O–H groups in total. The number of aliphatic carboxylic acids is 1. The second-order valence-corrected chi connectivity index (χ2v) is 7.23. The Labute approximate surface area is 126 Å². The average molecular weight is 297 g/mol. The van der Waals surface area contributed by atoms with Crippen LogP contribution in [-0.2, 0) is 4.79 Å². The molecule has 0 saturated carbocycles. The van der Waals surface area contributed by atoms with Crippen LogP contribution in [0.15, 0.2) is 0 Å². The number of hydrogen-bond donors (Lipinski definition) is 1. The van der Waals surface area contributed by atoms with Gasteiger partial charge >= 0.3 is 12.0 Å². The number of carboxylic acid groups (broad SMARTS) is 1. The maximum Gasteiger partial charge on any atom is 0.323 e. The Balaban J connectivity index is 2.13. The summed E-state index contributed by atoms with van der Waals surface area (Å²) in [5.74, 6) is -0.967. The van der Waals surface area contributed by atoms with Crippen molar-refractivity contribution >= 4 is 12.0 Å². The van der Waals surface area contributed by atoms with Gasteiger partial charge in [0.2, 0.25) is 0 Å². The Kier molecular flexibility index (Phi) is 4.46. The van der Waals surface area contributed by atoms with Crippen LogP contribution in [-0.4, -0.2) is 75.6 Å². The maximum absolute atomic E-state index is 12.8. The molecule has 6 nitrogen and oxygen atoms in total. The minimum absolute atomic E-state index is 0.130. The lowest BCUT2D eigenvalue weighted by molar-refractivity contribution is -0.139. The smallest absolute Gasteiger partial charge is 0.323 e. The summed E-state index contributed by atoms with van der Waals surface area (Å²) >= 11 is 0. The zero-order valence-electron chi connectivity index (χ0n) is 13.5. The summed E-state index contributed by atoms with van der Waals surface area (Å²) < 4.78 is 0. The van der Waals surface area contributed by atoms with Gasteiger partial charge in [-0.1, -0.05) is 0 Å². The summed E-state index contributed by atoms with van der Waals surface area (Å²) in [5.41, 5.74) is -0.498. The predicted molar refractivity (Wildman–Crippen MR) is 80.3 cm³/mol. The zero-order chi connectivity index (χ0) is 15.8. The van der Waals surface area contributed by atoms with E-state index in [0.717, 1.165) is 19.5 Å². The van der Waals surface area contributed by atoms with E-state index in [1.165, 1.54) is 11.3 Å². The highest BCUT2D eigenvalue weighted by Gasteiger charge is 2.40. The Morgan fingerprint density at radius 2 is 1.95 bits per heavy atom. The Hall–Kier alpha value is -1.30. The van der Waals surface area contributed by atoms with E-state index in [2.05, 4.69) is 4.90 Å². The van der Waals surface area contributed by atoms with Crippen molar-refractivity contribution < 1.29 is 14.7 Å². The van der Waals surface area contributed by atoms with E-state index in [1.54, 1.807) is 0 Å². The molecular weight excluding hydrogens is 270 g/mol. The van der Waals surface area contributed by atoms with Crippen LogP contribution in [0.5, 0.6) is 0 Å². The fourth-order valence-electron chi connectivity index (χ4n) is 3.34. The number of carboxylic acids is 1. The third-order valence-electron chi connectivity index (χ3n) is 4.52. The molecule has 2 saturated heterocycles. The lowest BCUT2D eigenvalue weighted by atomic mass is 10.0. The summed E-state index contributed by atoms with van der Waals surface area (Å²) in [6.45, 7) is 10.2. The molecule has 2 fully saturated rings. The summed E-state index contributed by atoms with van der Waals surface area (Å²) in [6.07, 6.45) is 2.32. The van der Waals surface area contributed by atoms with Gasteiger partial charge in [0.1, 0.15) is 6.54 Å². The quantitative estimate of drug-likeness (QED) is 0.838. The van der Waals surface area contributed by atoms with Gasteiger partial charge in [0.05, 0.1) is 0 Å². The first-order valence-electron chi connectivity index (χ1n) is 7.74. The molecular formula is C15H27N3O3. The van der Waals surface area contributed by atoms with Gasteiger partial charge in [0, 0.05) is 30.7 Å². The van der Waals surface area contributed by atoms with E-state index in [1.807, 2.05) is 32.6 Å². The Morgan fingerprint density at radius 3 is 2.52 bits per heavy atom. The van der Waals surface area contributed by atoms with E-state index < -0.39 is 11.5 Å². The third-order valence-corrected chi connectivity index (χ3v) is 4.52. The Morgan fingerprint density at radius 1 is 1.29 bits per heavy atom. The van der Waals surface area contributed by atoms with Gasteiger partial charge in [-0.25, -0.2) is 4.79 Å². The molecule has 2 aliphatic rings. The summed E-state index contributed by atoms with van der Waals surface area (Å²) in [7, 11) is 0. The molecule has 2 amide bonds. The number of amides is 2. The van der Waals surface area contributed by atoms with Gasteiger partial charge < -0.3 is 14.9 Å². The van der Waals surface area contributed by atoms with Crippen LogP contribution in [0.25, 0.3) is 0 Å². The van der Waals surface area contributed by atoms with Gasteiger partial charge in [0.15, 0.2) is 0 Å². The van der Waals surface area contributed by atoms with Crippen molar-refractivity contribution in [3.05, 3.63) is 0 Å². The van der Waals surface area contributed by atoms with E-state index in [4.69, 9.17) is 5.11 Å². The number of rotatable bonds is 2. The van der Waals surface area contributed by atoms with Crippen LogP contribution in [0.3, 0.4) is 0 Å². The van der Waals surface area contributed by atoms with E-state index in [9.17, 15) is 9.59 Å². The van der Waals surface area contributed by atoms with Crippen molar-refractivity contribution in [1.29, 1.82) is 0 Å². The molecule has 0 spiro atoms. The van der Waals surface area contributed by atoms with E-state index >= 15 is 0 Å². The molecule has 0 aliphatic carbocycles. The first-order valence-corrected chi connectivity index (χ1v) is 7.74. The molecule has 0 aromatic rings. The molecule has 2 heterocycles. The monoisotopic (exact) mass is 297 g/mol. The second-order valence-electron chi connectivity index (χ2n) is 7.23. The van der Waals surface area contributed by atoms with Gasteiger partial charge in [-0.15, -0.1) is 0 Å². The highest BCUT2D eigenvalue weighted by atomic mass is 16.4. The number of urea groups is 1. The van der Waals surface area contributed by atoms with E-state index in [-0.39, 0.29) is 18.6 Å². The maximum atomic E-state index is 12.8. The number of hydrogen-bond acceptors (Lipinski definition) is 3. The van der Waals surface area contributed by atoms with Crippen LogP contribution in [0, 0.1) is 0 Å². The van der Waals surface area contributed by atoms with Crippen molar-refractivity contribution in [1.82, 2.24) is 14.7 Å². The van der Waals surface area contributed by atoms with Crippen LogP contribution < -0.4 is 0 Å². The first-order chi connectivity index (χ1) is 9.70. The third kappa shape index (κ3) is 3.48. The van der Waals surface area contributed by atoms with Crippen molar-refractivity contribution in [2.24, 2.45) is 0 Å². The second kappa shape index (κ2) is 5.83. The number of nitrogens with zero attached hydrogens (tertiary/aromatic N) is 3. The molecule has 120 valence electrons. The van der Waals surface area contributed by atoms with E-state index in [0.29, 0.717) is 12.6 Å². The van der Waals surface area contributed by atoms with Gasteiger partial charge in [-0.2, -0.15) is 0 Å². The average Bonchev–Trinajstić information content (AvgIpc) is 2.79. The molecule has 21 heavy (non-hydrogen) atoms. The van der Waals surface area contributed by atoms with Crippen molar-refractivity contribution in [3.8, 4) is 0 Å². The molecule has 0 radical (unpaired) electrons. The number of carbonyl (C=O) groups is 2. The largest absolute Gasteiger partial charge is 0.480 e. The van der Waals surface area contributed by atoms with Crippen molar-refractivity contribution in [2.75, 3.05) is 26.2 Å². The standard InChI is InChI=1S/C15H27N3O3/c1-11-8-16-7-5-6-12(16)9-17(11)14(21)18(10-13(19)20)15(2,3)4/h11-12H,5-10H2,1-4H3,(H,19,20). The predicted octanol–water partition coefficient (Wildman–Crippen LogP) is 1.46. The highest BCUT2D eigenvalue weighted by Crippen LogP contribution is 2.26. The van der Waals surface area contributed by atoms with Gasteiger partial charge in [-0.05, 0) is 47.1 Å². The molecule has 6 heteroatoms. The normalized spacial score (nSPS) is 26.6. The van der Waals surface area contributed by atoms with Crippen LogP contribution in [0.2, 0.25) is 0 Å². The summed E-state index contributed by atoms with van der Waals surface area (Å²) in [6, 6.07) is 0.422. The van der Waals surface area contributed by atoms with Crippen LogP contribution in [0.4, 0.5) is 4.79 Å².